The van der Waals surface area contributed by atoms with Crippen molar-refractivity contribution in [2.45, 2.75) is 20.4 Å². The third-order valence-electron chi connectivity index (χ3n) is 2.85. The number of allylic oxidation sites excluding steroid dienone is 1. The first-order chi connectivity index (χ1) is 7.65. The topological polar surface area (TPSA) is 22.0 Å². The molecule has 0 amide bonds. The average Bonchev–Trinajstić information content (AvgIpc) is 2.24. The van der Waals surface area contributed by atoms with Gasteiger partial charge in [-0.25, -0.2) is 0 Å². The minimum Gasteiger partial charge on any atom is -0.304 e. The second kappa shape index (κ2) is 3.97. The molecule has 2 aromatic rings. The van der Waals surface area contributed by atoms with Crippen LogP contribution in [0.1, 0.15) is 11.1 Å². The average molecular weight is 213 g/mol. The lowest BCUT2D eigenvalue weighted by atomic mass is 10.1. The molecule has 0 aliphatic carbocycles. The fraction of sp³-hybridized carbons (Fsp3) is 0.214. The van der Waals surface area contributed by atoms with Gasteiger partial charge in [-0.15, -0.1) is 6.58 Å². The van der Waals surface area contributed by atoms with Crippen LogP contribution in [-0.4, -0.2) is 4.57 Å². The summed E-state index contributed by atoms with van der Waals surface area (Å²) in [4.78, 5) is 11.9. The highest BCUT2D eigenvalue weighted by atomic mass is 16.1. The standard InChI is InChI=1S/C14H15NO/c1-4-8-15-13(16)9-11(3)12-7-5-6-10(2)14(12)15/h4-7,9H,1,8H2,2-3H3. The van der Waals surface area contributed by atoms with Gasteiger partial charge in [-0.1, -0.05) is 24.3 Å². The lowest BCUT2D eigenvalue weighted by Gasteiger charge is -2.12. The van der Waals surface area contributed by atoms with Crippen molar-refractivity contribution in [1.82, 2.24) is 4.57 Å². The zero-order valence-corrected chi connectivity index (χ0v) is 9.66. The summed E-state index contributed by atoms with van der Waals surface area (Å²) in [5.41, 5.74) is 3.22. The van der Waals surface area contributed by atoms with E-state index in [2.05, 4.69) is 12.6 Å². The highest BCUT2D eigenvalue weighted by Crippen LogP contribution is 2.19. The lowest BCUT2D eigenvalue weighted by molar-refractivity contribution is 0.813. The molecule has 0 saturated heterocycles. The maximum absolute atomic E-state index is 11.9. The van der Waals surface area contributed by atoms with Gasteiger partial charge in [-0.3, -0.25) is 4.79 Å². The van der Waals surface area contributed by atoms with E-state index in [0.717, 1.165) is 22.0 Å². The van der Waals surface area contributed by atoms with E-state index in [1.54, 1.807) is 16.7 Å². The van der Waals surface area contributed by atoms with Crippen molar-refractivity contribution in [1.29, 1.82) is 0 Å². The normalized spacial score (nSPS) is 10.6. The van der Waals surface area contributed by atoms with Crippen molar-refractivity contribution < 1.29 is 0 Å². The summed E-state index contributed by atoms with van der Waals surface area (Å²) in [6.07, 6.45) is 1.75. The molecule has 0 bridgehead atoms. The van der Waals surface area contributed by atoms with Crippen molar-refractivity contribution in [2.75, 3.05) is 0 Å². The van der Waals surface area contributed by atoms with Crippen molar-refractivity contribution in [3.63, 3.8) is 0 Å². The lowest BCUT2D eigenvalue weighted by Crippen LogP contribution is -2.20. The summed E-state index contributed by atoms with van der Waals surface area (Å²) in [5.74, 6) is 0. The Morgan fingerprint density at radius 3 is 2.75 bits per heavy atom. The molecule has 0 fully saturated rings. The molecule has 0 unspecified atom stereocenters. The van der Waals surface area contributed by atoms with Crippen LogP contribution in [0.3, 0.4) is 0 Å². The molecule has 2 heteroatoms. The Morgan fingerprint density at radius 2 is 2.06 bits per heavy atom. The molecule has 82 valence electrons. The van der Waals surface area contributed by atoms with Crippen LogP contribution in [-0.2, 0) is 6.54 Å². The minimum absolute atomic E-state index is 0.0409. The number of aryl methyl sites for hydroxylation is 2. The molecule has 2 rings (SSSR count). The molecule has 0 spiro atoms. The van der Waals surface area contributed by atoms with E-state index in [9.17, 15) is 4.79 Å². The number of benzene rings is 1. The highest BCUT2D eigenvalue weighted by Gasteiger charge is 2.06. The van der Waals surface area contributed by atoms with Crippen molar-refractivity contribution in [3.05, 3.63) is 58.4 Å². The predicted molar refractivity (Wildman–Crippen MR) is 67.9 cm³/mol. The van der Waals surface area contributed by atoms with E-state index in [4.69, 9.17) is 0 Å². The van der Waals surface area contributed by atoms with E-state index in [1.807, 2.05) is 26.0 Å². The summed E-state index contributed by atoms with van der Waals surface area (Å²) < 4.78 is 1.77. The molecule has 1 heterocycles. The Kier molecular flexibility index (Phi) is 2.65. The number of rotatable bonds is 2. The Labute approximate surface area is 94.8 Å². The van der Waals surface area contributed by atoms with E-state index in [0.29, 0.717) is 6.54 Å². The van der Waals surface area contributed by atoms with Crippen molar-refractivity contribution >= 4 is 10.9 Å². The number of hydrogen-bond acceptors (Lipinski definition) is 1. The fourth-order valence-corrected chi connectivity index (χ4v) is 2.10. The maximum atomic E-state index is 11.9. The summed E-state index contributed by atoms with van der Waals surface area (Å²) in [6.45, 7) is 8.25. The Balaban J connectivity index is 2.97. The van der Waals surface area contributed by atoms with Gasteiger partial charge in [0.15, 0.2) is 0 Å². The van der Waals surface area contributed by atoms with Gasteiger partial charge in [0, 0.05) is 18.0 Å². The molecule has 1 aromatic heterocycles. The van der Waals surface area contributed by atoms with Gasteiger partial charge in [0.1, 0.15) is 0 Å². The predicted octanol–water partition coefficient (Wildman–Crippen LogP) is 2.80. The smallest absolute Gasteiger partial charge is 0.251 e. The largest absolute Gasteiger partial charge is 0.304 e. The van der Waals surface area contributed by atoms with Crippen LogP contribution >= 0.6 is 0 Å². The number of aromatic nitrogens is 1. The highest BCUT2D eigenvalue weighted by molar-refractivity contribution is 5.85. The molecule has 16 heavy (non-hydrogen) atoms. The van der Waals surface area contributed by atoms with E-state index in [1.165, 1.54) is 0 Å². The minimum atomic E-state index is 0.0409. The third-order valence-corrected chi connectivity index (χ3v) is 2.85. The first-order valence-corrected chi connectivity index (χ1v) is 5.36. The Hall–Kier alpha value is -1.83. The van der Waals surface area contributed by atoms with Crippen LogP contribution in [0.25, 0.3) is 10.9 Å². The molecule has 0 atom stereocenters. The number of para-hydroxylation sites is 1. The monoisotopic (exact) mass is 213 g/mol. The van der Waals surface area contributed by atoms with Crippen LogP contribution < -0.4 is 5.56 Å². The number of fused-ring (bicyclic) bond motifs is 1. The zero-order valence-electron chi connectivity index (χ0n) is 9.66. The van der Waals surface area contributed by atoms with Crippen LogP contribution in [0.15, 0.2) is 41.7 Å². The van der Waals surface area contributed by atoms with Crippen LogP contribution in [0.5, 0.6) is 0 Å². The first-order valence-electron chi connectivity index (χ1n) is 5.36. The fourth-order valence-electron chi connectivity index (χ4n) is 2.10. The van der Waals surface area contributed by atoms with Crippen molar-refractivity contribution in [2.24, 2.45) is 0 Å². The van der Waals surface area contributed by atoms with Crippen LogP contribution in [0.4, 0.5) is 0 Å². The maximum Gasteiger partial charge on any atom is 0.251 e. The molecule has 0 radical (unpaired) electrons. The molecule has 1 aromatic carbocycles. The van der Waals surface area contributed by atoms with Crippen LogP contribution in [0.2, 0.25) is 0 Å². The van der Waals surface area contributed by atoms with Gasteiger partial charge >= 0.3 is 0 Å². The summed E-state index contributed by atoms with van der Waals surface area (Å²) in [5, 5.41) is 1.14. The SMILES string of the molecule is C=CCn1c(=O)cc(C)c2cccc(C)c21. The zero-order chi connectivity index (χ0) is 11.7. The van der Waals surface area contributed by atoms with Crippen LogP contribution in [0, 0.1) is 13.8 Å². The Bertz CT molecular complexity index is 608. The van der Waals surface area contributed by atoms with Gasteiger partial charge < -0.3 is 4.57 Å². The van der Waals surface area contributed by atoms with Gasteiger partial charge in [0.2, 0.25) is 0 Å². The van der Waals surface area contributed by atoms with E-state index < -0.39 is 0 Å². The number of hydrogen-bond donors (Lipinski definition) is 0. The summed E-state index contributed by atoms with van der Waals surface area (Å²) in [6, 6.07) is 7.79. The molecule has 0 saturated carbocycles. The second-order valence-corrected chi connectivity index (χ2v) is 4.04. The van der Waals surface area contributed by atoms with E-state index in [-0.39, 0.29) is 5.56 Å². The molecular formula is C14H15NO. The molecular weight excluding hydrogens is 198 g/mol. The molecule has 2 nitrogen and oxygen atoms in total. The van der Waals surface area contributed by atoms with E-state index >= 15 is 0 Å². The number of nitrogens with zero attached hydrogens (tertiary/aromatic N) is 1. The van der Waals surface area contributed by atoms with Gasteiger partial charge in [-0.2, -0.15) is 0 Å². The first kappa shape index (κ1) is 10.7. The van der Waals surface area contributed by atoms with Gasteiger partial charge in [-0.05, 0) is 25.0 Å². The molecule has 0 aliphatic rings. The number of pyridine rings is 1. The van der Waals surface area contributed by atoms with Gasteiger partial charge in [0.25, 0.3) is 5.56 Å². The van der Waals surface area contributed by atoms with Gasteiger partial charge in [0.05, 0.1) is 5.52 Å². The molecule has 0 N–H and O–H groups in total. The summed E-state index contributed by atoms with van der Waals surface area (Å²) in [7, 11) is 0. The summed E-state index contributed by atoms with van der Waals surface area (Å²) >= 11 is 0. The molecule has 0 aliphatic heterocycles. The Morgan fingerprint density at radius 1 is 1.31 bits per heavy atom. The second-order valence-electron chi connectivity index (χ2n) is 4.04. The third kappa shape index (κ3) is 1.56. The quantitative estimate of drug-likeness (QED) is 0.703. The van der Waals surface area contributed by atoms with Crippen molar-refractivity contribution in [3.8, 4) is 0 Å².